The van der Waals surface area contributed by atoms with Gasteiger partial charge in [-0.2, -0.15) is 0 Å². The molecule has 1 N–H and O–H groups in total. The summed E-state index contributed by atoms with van der Waals surface area (Å²) < 4.78 is 10.9. The minimum Gasteiger partial charge on any atom is -0.496 e. The fourth-order valence-electron chi connectivity index (χ4n) is 2.70. The van der Waals surface area contributed by atoms with Gasteiger partial charge in [-0.15, -0.1) is 0 Å². The molecule has 0 saturated carbocycles. The van der Waals surface area contributed by atoms with Crippen molar-refractivity contribution in [2.45, 2.75) is 39.7 Å². The predicted molar refractivity (Wildman–Crippen MR) is 100 cm³/mol. The van der Waals surface area contributed by atoms with Crippen LogP contribution in [0.15, 0.2) is 42.5 Å². The first-order chi connectivity index (χ1) is 12.1. The van der Waals surface area contributed by atoms with Crippen LogP contribution in [0, 0.1) is 6.92 Å². The molecule has 2 rings (SSSR count). The highest BCUT2D eigenvalue weighted by molar-refractivity contribution is 5.94. The Hall–Kier alpha value is -2.49. The van der Waals surface area contributed by atoms with E-state index in [9.17, 15) is 4.79 Å². The Kier molecular flexibility index (Phi) is 6.87. The van der Waals surface area contributed by atoms with Crippen LogP contribution in [0.2, 0.25) is 0 Å². The SMILES string of the molecule is CCCOc1ccc(C(=O)N[C@H](CC)c2ccc(OC)c(C)c2)cc1. The molecule has 25 heavy (non-hydrogen) atoms. The molecule has 1 atom stereocenters. The summed E-state index contributed by atoms with van der Waals surface area (Å²) in [6, 6.07) is 13.2. The van der Waals surface area contributed by atoms with Crippen LogP contribution in [-0.4, -0.2) is 19.6 Å². The Morgan fingerprint density at radius 2 is 1.84 bits per heavy atom. The maximum Gasteiger partial charge on any atom is 0.251 e. The van der Waals surface area contributed by atoms with Gasteiger partial charge >= 0.3 is 0 Å². The summed E-state index contributed by atoms with van der Waals surface area (Å²) in [7, 11) is 1.66. The normalized spacial score (nSPS) is 11.7. The second kappa shape index (κ2) is 9.11. The van der Waals surface area contributed by atoms with Crippen LogP contribution < -0.4 is 14.8 Å². The van der Waals surface area contributed by atoms with Crippen LogP contribution in [0.4, 0.5) is 0 Å². The highest BCUT2D eigenvalue weighted by Crippen LogP contribution is 2.24. The van der Waals surface area contributed by atoms with Crippen LogP contribution in [0.3, 0.4) is 0 Å². The molecule has 0 heterocycles. The molecule has 0 bridgehead atoms. The minimum atomic E-state index is -0.0811. The summed E-state index contributed by atoms with van der Waals surface area (Å²) in [6.45, 7) is 6.81. The van der Waals surface area contributed by atoms with Crippen molar-refractivity contribution in [2.75, 3.05) is 13.7 Å². The fraction of sp³-hybridized carbons (Fsp3) is 0.381. The van der Waals surface area contributed by atoms with Gasteiger partial charge in [0.1, 0.15) is 11.5 Å². The number of ether oxygens (including phenoxy) is 2. The van der Waals surface area contributed by atoms with E-state index in [1.807, 2.05) is 31.2 Å². The lowest BCUT2D eigenvalue weighted by atomic mass is 10.0. The van der Waals surface area contributed by atoms with Crippen molar-refractivity contribution in [3.05, 3.63) is 59.2 Å². The standard InChI is InChI=1S/C21H27NO3/c1-5-13-25-18-10-7-16(8-11-18)21(23)22-19(6-2)17-9-12-20(24-4)15(3)14-17/h7-12,14,19H,5-6,13H2,1-4H3,(H,22,23)/t19-/m1/s1. The summed E-state index contributed by atoms with van der Waals surface area (Å²) in [5.41, 5.74) is 2.77. The van der Waals surface area contributed by atoms with Gasteiger partial charge in [-0.3, -0.25) is 4.79 Å². The quantitative estimate of drug-likeness (QED) is 0.759. The molecule has 0 spiro atoms. The molecular formula is C21H27NO3. The summed E-state index contributed by atoms with van der Waals surface area (Å²) in [5, 5.41) is 3.11. The molecule has 1 amide bonds. The van der Waals surface area contributed by atoms with Crippen LogP contribution >= 0.6 is 0 Å². The van der Waals surface area contributed by atoms with Gasteiger partial charge in [0.2, 0.25) is 0 Å². The predicted octanol–water partition coefficient (Wildman–Crippen LogP) is 4.67. The first-order valence-electron chi connectivity index (χ1n) is 8.77. The van der Waals surface area contributed by atoms with E-state index >= 15 is 0 Å². The number of methoxy groups -OCH3 is 1. The second-order valence-electron chi connectivity index (χ2n) is 6.04. The van der Waals surface area contributed by atoms with Gasteiger partial charge in [-0.1, -0.05) is 26.0 Å². The van der Waals surface area contributed by atoms with Gasteiger partial charge < -0.3 is 14.8 Å². The Balaban J connectivity index is 2.07. The third-order valence-electron chi connectivity index (χ3n) is 4.12. The Morgan fingerprint density at radius 1 is 1.12 bits per heavy atom. The number of hydrogen-bond acceptors (Lipinski definition) is 3. The van der Waals surface area contributed by atoms with E-state index in [1.165, 1.54) is 0 Å². The van der Waals surface area contributed by atoms with Crippen molar-refractivity contribution in [1.82, 2.24) is 5.32 Å². The van der Waals surface area contributed by atoms with Gasteiger partial charge in [0.25, 0.3) is 5.91 Å². The zero-order valence-electron chi connectivity index (χ0n) is 15.5. The van der Waals surface area contributed by atoms with E-state index in [1.54, 1.807) is 19.2 Å². The van der Waals surface area contributed by atoms with Gasteiger partial charge in [-0.25, -0.2) is 0 Å². The monoisotopic (exact) mass is 341 g/mol. The molecule has 2 aromatic carbocycles. The minimum absolute atomic E-state index is 0.0341. The third kappa shape index (κ3) is 4.99. The van der Waals surface area contributed by atoms with Crippen LogP contribution in [0.25, 0.3) is 0 Å². The lowest BCUT2D eigenvalue weighted by molar-refractivity contribution is 0.0935. The number of carbonyl (C=O) groups is 1. The molecule has 0 radical (unpaired) electrons. The average Bonchev–Trinajstić information content (AvgIpc) is 2.64. The summed E-state index contributed by atoms with van der Waals surface area (Å²) in [5.74, 6) is 1.56. The van der Waals surface area contributed by atoms with E-state index in [2.05, 4.69) is 25.2 Å². The molecule has 0 aliphatic heterocycles. The van der Waals surface area contributed by atoms with Crippen molar-refractivity contribution in [1.29, 1.82) is 0 Å². The molecule has 0 aromatic heterocycles. The van der Waals surface area contributed by atoms with Gasteiger partial charge in [0, 0.05) is 5.56 Å². The summed E-state index contributed by atoms with van der Waals surface area (Å²) >= 11 is 0. The lowest BCUT2D eigenvalue weighted by Gasteiger charge is -2.19. The molecule has 0 aliphatic rings. The Morgan fingerprint density at radius 3 is 2.40 bits per heavy atom. The molecular weight excluding hydrogens is 314 g/mol. The number of aryl methyl sites for hydroxylation is 1. The number of benzene rings is 2. The summed E-state index contributed by atoms with van der Waals surface area (Å²) in [4.78, 5) is 12.5. The molecule has 134 valence electrons. The zero-order valence-corrected chi connectivity index (χ0v) is 15.5. The largest absolute Gasteiger partial charge is 0.496 e. The second-order valence-corrected chi connectivity index (χ2v) is 6.04. The van der Waals surface area contributed by atoms with Crippen LogP contribution in [-0.2, 0) is 0 Å². The molecule has 4 heteroatoms. The van der Waals surface area contributed by atoms with E-state index in [0.29, 0.717) is 12.2 Å². The summed E-state index contributed by atoms with van der Waals surface area (Å²) in [6.07, 6.45) is 1.77. The number of nitrogens with one attached hydrogen (secondary N) is 1. The third-order valence-corrected chi connectivity index (χ3v) is 4.12. The van der Waals surface area contributed by atoms with E-state index in [4.69, 9.17) is 9.47 Å². The highest BCUT2D eigenvalue weighted by atomic mass is 16.5. The van der Waals surface area contributed by atoms with E-state index in [0.717, 1.165) is 35.5 Å². The molecule has 0 fully saturated rings. The number of carbonyl (C=O) groups excluding carboxylic acids is 1. The first kappa shape index (κ1) is 18.8. The molecule has 0 saturated heterocycles. The smallest absolute Gasteiger partial charge is 0.251 e. The van der Waals surface area contributed by atoms with Crippen molar-refractivity contribution in [3.63, 3.8) is 0 Å². The Bertz CT molecular complexity index is 695. The molecule has 4 nitrogen and oxygen atoms in total. The van der Waals surface area contributed by atoms with Crippen LogP contribution in [0.5, 0.6) is 11.5 Å². The molecule has 0 aliphatic carbocycles. The molecule has 2 aromatic rings. The van der Waals surface area contributed by atoms with Gasteiger partial charge in [-0.05, 0) is 61.2 Å². The van der Waals surface area contributed by atoms with Crippen molar-refractivity contribution < 1.29 is 14.3 Å². The maximum atomic E-state index is 12.5. The maximum absolute atomic E-state index is 12.5. The van der Waals surface area contributed by atoms with Crippen molar-refractivity contribution in [3.8, 4) is 11.5 Å². The van der Waals surface area contributed by atoms with Crippen molar-refractivity contribution >= 4 is 5.91 Å². The van der Waals surface area contributed by atoms with Crippen molar-refractivity contribution in [2.24, 2.45) is 0 Å². The number of hydrogen-bond donors (Lipinski definition) is 1. The van der Waals surface area contributed by atoms with Gasteiger partial charge in [0.05, 0.1) is 19.8 Å². The topological polar surface area (TPSA) is 47.6 Å². The first-order valence-corrected chi connectivity index (χ1v) is 8.77. The Labute approximate surface area is 150 Å². The van der Waals surface area contributed by atoms with Crippen LogP contribution in [0.1, 0.15) is 54.2 Å². The average molecular weight is 341 g/mol. The number of amides is 1. The fourth-order valence-corrected chi connectivity index (χ4v) is 2.70. The number of rotatable bonds is 8. The molecule has 0 unspecified atom stereocenters. The van der Waals surface area contributed by atoms with E-state index < -0.39 is 0 Å². The van der Waals surface area contributed by atoms with Gasteiger partial charge in [0.15, 0.2) is 0 Å². The van der Waals surface area contributed by atoms with E-state index in [-0.39, 0.29) is 11.9 Å². The zero-order chi connectivity index (χ0) is 18.2. The lowest BCUT2D eigenvalue weighted by Crippen LogP contribution is -2.28. The highest BCUT2D eigenvalue weighted by Gasteiger charge is 2.15.